The lowest BCUT2D eigenvalue weighted by Gasteiger charge is -2.05. The topological polar surface area (TPSA) is 61.6 Å². The van der Waals surface area contributed by atoms with Crippen LogP contribution in [-0.2, 0) is 0 Å². The smallest absolute Gasteiger partial charge is 0.267 e. The molecule has 3 N–H and O–H groups in total. The molecule has 0 fully saturated rings. The van der Waals surface area contributed by atoms with Crippen molar-refractivity contribution in [1.29, 1.82) is 0 Å². The normalized spacial score (nSPS) is 13.9. The summed E-state index contributed by atoms with van der Waals surface area (Å²) in [5.41, 5.74) is 8.80. The Morgan fingerprint density at radius 3 is 2.57 bits per heavy atom. The van der Waals surface area contributed by atoms with Gasteiger partial charge in [0.15, 0.2) is 5.84 Å². The minimum Gasteiger partial charge on any atom is -1.00 e. The molecule has 0 aromatic heterocycles. The molecule has 21 heavy (non-hydrogen) atoms. The van der Waals surface area contributed by atoms with E-state index in [2.05, 4.69) is 4.99 Å². The van der Waals surface area contributed by atoms with Crippen molar-refractivity contribution in [1.82, 2.24) is 0 Å². The number of hydroxylamine groups is 1. The highest BCUT2D eigenvalue weighted by molar-refractivity contribution is 6.31. The third-order valence-electron chi connectivity index (χ3n) is 3.09. The lowest BCUT2D eigenvalue weighted by atomic mass is 10.0. The summed E-state index contributed by atoms with van der Waals surface area (Å²) in [4.78, 5) is 4.32. The fraction of sp³-hybridized carbons (Fsp3) is 0.0667. The van der Waals surface area contributed by atoms with E-state index >= 15 is 0 Å². The molecular formula is C15H13Cl2N3O. The third kappa shape index (κ3) is 3.01. The average molecular weight is 322 g/mol. The molecule has 1 aliphatic rings. The van der Waals surface area contributed by atoms with Crippen LogP contribution in [0.25, 0.3) is 0 Å². The van der Waals surface area contributed by atoms with Crippen molar-refractivity contribution >= 4 is 28.8 Å². The maximum atomic E-state index is 10.3. The van der Waals surface area contributed by atoms with E-state index in [0.717, 1.165) is 15.9 Å². The van der Waals surface area contributed by atoms with Crippen molar-refractivity contribution < 1.29 is 22.4 Å². The number of hydrogen-bond acceptors (Lipinski definition) is 3. The van der Waals surface area contributed by atoms with Gasteiger partial charge in [-0.3, -0.25) is 5.21 Å². The lowest BCUT2D eigenvalue weighted by molar-refractivity contribution is -0.764. The van der Waals surface area contributed by atoms with E-state index in [1.54, 1.807) is 18.2 Å². The van der Waals surface area contributed by atoms with Crippen molar-refractivity contribution in [2.75, 3.05) is 6.54 Å². The summed E-state index contributed by atoms with van der Waals surface area (Å²) < 4.78 is 1.11. The largest absolute Gasteiger partial charge is 1.00 e. The van der Waals surface area contributed by atoms with Gasteiger partial charge in [0.25, 0.3) is 5.71 Å². The second kappa shape index (κ2) is 6.16. The first kappa shape index (κ1) is 15.4. The van der Waals surface area contributed by atoms with Gasteiger partial charge >= 0.3 is 0 Å². The number of nitrogens with zero attached hydrogens (tertiary/aromatic N) is 2. The minimum absolute atomic E-state index is 0. The number of benzene rings is 2. The summed E-state index contributed by atoms with van der Waals surface area (Å²) in [5.74, 6) is 0.349. The standard InChI is InChI=1S/C15H12ClN3O.ClH/c16-11-6-7-13-12(8-11)15(10-4-2-1-3-5-10)19(20)9-14(17)18-13;/h1-8,17,20H,9H2;1H. The third-order valence-corrected chi connectivity index (χ3v) is 3.33. The Kier molecular flexibility index (Phi) is 4.50. The summed E-state index contributed by atoms with van der Waals surface area (Å²) in [5, 5.41) is 10.9. The van der Waals surface area contributed by atoms with Crippen LogP contribution >= 0.6 is 11.6 Å². The molecule has 0 bridgehead atoms. The first-order valence-corrected chi connectivity index (χ1v) is 6.54. The predicted octanol–water partition coefficient (Wildman–Crippen LogP) is -0.415. The van der Waals surface area contributed by atoms with Gasteiger partial charge in [-0.2, -0.15) is 0 Å². The second-order valence-corrected chi connectivity index (χ2v) is 4.97. The number of amidine groups is 1. The van der Waals surface area contributed by atoms with Crippen LogP contribution in [0.3, 0.4) is 0 Å². The van der Waals surface area contributed by atoms with E-state index in [0.29, 0.717) is 22.3 Å². The molecule has 2 aromatic carbocycles. The van der Waals surface area contributed by atoms with Crippen LogP contribution in [-0.4, -0.2) is 28.0 Å². The molecule has 4 nitrogen and oxygen atoms in total. The summed E-state index contributed by atoms with van der Waals surface area (Å²) in [7, 11) is 0. The zero-order valence-corrected chi connectivity index (χ0v) is 12.5. The number of rotatable bonds is 1. The van der Waals surface area contributed by atoms with Crippen molar-refractivity contribution in [3.63, 3.8) is 0 Å². The SMILES string of the molecule is NC1=Nc2ccc(Cl)cc2C(c2ccccc2)=[N+](O)C1.[Cl-]. The molecule has 1 aliphatic heterocycles. The molecule has 1 heterocycles. The van der Waals surface area contributed by atoms with E-state index in [4.69, 9.17) is 17.3 Å². The Morgan fingerprint density at radius 1 is 1.14 bits per heavy atom. The molecule has 0 saturated heterocycles. The van der Waals surface area contributed by atoms with Crippen molar-refractivity contribution in [2.24, 2.45) is 10.7 Å². The number of aliphatic imine (C=N–C) groups is 1. The fourth-order valence-electron chi connectivity index (χ4n) is 2.26. The summed E-state index contributed by atoms with van der Waals surface area (Å²) in [6.07, 6.45) is 0. The molecule has 6 heteroatoms. The monoisotopic (exact) mass is 321 g/mol. The second-order valence-electron chi connectivity index (χ2n) is 4.54. The molecule has 0 amide bonds. The zero-order valence-electron chi connectivity index (χ0n) is 11.0. The van der Waals surface area contributed by atoms with Crippen molar-refractivity contribution in [2.45, 2.75) is 0 Å². The van der Waals surface area contributed by atoms with Crippen LogP contribution in [0.1, 0.15) is 11.1 Å². The molecule has 2 aromatic rings. The molecule has 3 rings (SSSR count). The predicted molar refractivity (Wildman–Crippen MR) is 79.3 cm³/mol. The van der Waals surface area contributed by atoms with E-state index in [1.165, 1.54) is 0 Å². The lowest BCUT2D eigenvalue weighted by Crippen LogP contribution is -3.00. The highest BCUT2D eigenvalue weighted by Gasteiger charge is 2.27. The molecule has 0 aliphatic carbocycles. The van der Waals surface area contributed by atoms with Gasteiger partial charge in [0.1, 0.15) is 0 Å². The van der Waals surface area contributed by atoms with Crippen molar-refractivity contribution in [3.05, 3.63) is 64.7 Å². The quantitative estimate of drug-likeness (QED) is 0.554. The van der Waals surface area contributed by atoms with Crippen LogP contribution in [0.5, 0.6) is 0 Å². The van der Waals surface area contributed by atoms with Crippen LogP contribution in [0.2, 0.25) is 5.02 Å². The highest BCUT2D eigenvalue weighted by Crippen LogP contribution is 2.27. The van der Waals surface area contributed by atoms with Gasteiger partial charge in [-0.05, 0) is 35.1 Å². The molecule has 0 atom stereocenters. The van der Waals surface area contributed by atoms with E-state index < -0.39 is 0 Å². The summed E-state index contributed by atoms with van der Waals surface area (Å²) in [6, 6.07) is 14.9. The van der Waals surface area contributed by atoms with Gasteiger partial charge in [-0.1, -0.05) is 29.8 Å². The van der Waals surface area contributed by atoms with Gasteiger partial charge < -0.3 is 18.1 Å². The van der Waals surface area contributed by atoms with Crippen LogP contribution < -0.4 is 18.1 Å². The minimum atomic E-state index is 0. The van der Waals surface area contributed by atoms with E-state index in [9.17, 15) is 5.21 Å². The van der Waals surface area contributed by atoms with Crippen LogP contribution in [0.4, 0.5) is 5.69 Å². The van der Waals surface area contributed by atoms with Gasteiger partial charge in [0.2, 0.25) is 6.54 Å². The molecule has 0 unspecified atom stereocenters. The number of nitrogens with two attached hydrogens (primary N) is 1. The first-order chi connectivity index (χ1) is 9.65. The molecule has 0 spiro atoms. The first-order valence-electron chi connectivity index (χ1n) is 6.17. The Bertz CT molecular complexity index is 727. The maximum absolute atomic E-state index is 10.3. The Balaban J connectivity index is 0.00000161. The van der Waals surface area contributed by atoms with Gasteiger partial charge in [0.05, 0.1) is 16.8 Å². The van der Waals surface area contributed by atoms with Crippen molar-refractivity contribution in [3.8, 4) is 0 Å². The van der Waals surface area contributed by atoms with Crippen LogP contribution in [0.15, 0.2) is 53.5 Å². The molecule has 0 radical (unpaired) electrons. The van der Waals surface area contributed by atoms with Gasteiger partial charge in [-0.15, -0.1) is 0 Å². The zero-order chi connectivity index (χ0) is 14.1. The van der Waals surface area contributed by atoms with Crippen LogP contribution in [0, 0.1) is 0 Å². The molecule has 0 saturated carbocycles. The average Bonchev–Trinajstić information content (AvgIpc) is 2.54. The number of hydrogen-bond donors (Lipinski definition) is 2. The summed E-state index contributed by atoms with van der Waals surface area (Å²) >= 11 is 6.07. The number of halogens is 2. The Hall–Kier alpha value is -2.04. The Labute approximate surface area is 133 Å². The maximum Gasteiger partial charge on any atom is 0.267 e. The Morgan fingerprint density at radius 2 is 1.86 bits per heavy atom. The van der Waals surface area contributed by atoms with Gasteiger partial charge in [0, 0.05) is 5.02 Å². The number of fused-ring (bicyclic) bond motifs is 1. The molecule has 108 valence electrons. The fourth-order valence-corrected chi connectivity index (χ4v) is 2.43. The van der Waals surface area contributed by atoms with E-state index in [-0.39, 0.29) is 19.0 Å². The van der Waals surface area contributed by atoms with Gasteiger partial charge in [-0.25, -0.2) is 4.99 Å². The summed E-state index contributed by atoms with van der Waals surface area (Å²) in [6.45, 7) is 0.149. The van der Waals surface area contributed by atoms with E-state index in [1.807, 2.05) is 30.3 Å². The molecular weight excluding hydrogens is 309 g/mol. The highest BCUT2D eigenvalue weighted by atomic mass is 35.5.